The first-order valence-electron chi connectivity index (χ1n) is 6.77. The van der Waals surface area contributed by atoms with Gasteiger partial charge in [0.1, 0.15) is 0 Å². The number of rotatable bonds is 3. The summed E-state index contributed by atoms with van der Waals surface area (Å²) in [6.45, 7) is 4.03. The largest absolute Gasteiger partial charge is 0.503 e. The lowest BCUT2D eigenvalue weighted by molar-refractivity contribution is 0.0932. The van der Waals surface area contributed by atoms with Gasteiger partial charge in [0.15, 0.2) is 17.4 Å². The van der Waals surface area contributed by atoms with E-state index in [-0.39, 0.29) is 5.92 Å². The highest BCUT2D eigenvalue weighted by Gasteiger charge is 2.25. The van der Waals surface area contributed by atoms with Crippen LogP contribution >= 0.6 is 0 Å². The molecule has 0 aromatic heterocycles. The molecule has 1 aliphatic rings. The molecule has 1 aliphatic heterocycles. The number of hydrogen-bond donors (Lipinski definition) is 3. The molecule has 0 radical (unpaired) electrons. The van der Waals surface area contributed by atoms with Gasteiger partial charge in [0.05, 0.1) is 5.56 Å². The van der Waals surface area contributed by atoms with E-state index in [4.69, 9.17) is 5.11 Å². The van der Waals surface area contributed by atoms with Crippen LogP contribution in [0.15, 0.2) is 6.07 Å². The molecule has 4 nitrogen and oxygen atoms in total. The van der Waals surface area contributed by atoms with E-state index in [0.717, 1.165) is 19.5 Å². The molecule has 0 bridgehead atoms. The van der Waals surface area contributed by atoms with Crippen LogP contribution in [0.5, 0.6) is 5.75 Å². The van der Waals surface area contributed by atoms with Crippen LogP contribution < -0.4 is 10.6 Å². The number of carbonyl (C=O) groups is 1. The fourth-order valence-electron chi connectivity index (χ4n) is 2.45. The third-order valence-corrected chi connectivity index (χ3v) is 3.87. The van der Waals surface area contributed by atoms with E-state index in [1.807, 2.05) is 6.92 Å². The summed E-state index contributed by atoms with van der Waals surface area (Å²) < 4.78 is 39.7. The summed E-state index contributed by atoms with van der Waals surface area (Å²) in [6.07, 6.45) is 0.868. The van der Waals surface area contributed by atoms with Crippen LogP contribution in [-0.2, 0) is 0 Å². The van der Waals surface area contributed by atoms with Gasteiger partial charge in [-0.3, -0.25) is 4.79 Å². The Kier molecular flexibility index (Phi) is 4.72. The van der Waals surface area contributed by atoms with E-state index in [2.05, 4.69) is 10.6 Å². The van der Waals surface area contributed by atoms with Gasteiger partial charge in [-0.1, -0.05) is 6.92 Å². The van der Waals surface area contributed by atoms with Crippen molar-refractivity contribution in [1.29, 1.82) is 0 Å². The lowest BCUT2D eigenvalue weighted by Gasteiger charge is -2.29. The number of benzene rings is 1. The average Bonchev–Trinajstić information content (AvgIpc) is 2.47. The smallest absolute Gasteiger partial charge is 0.254 e. The van der Waals surface area contributed by atoms with Crippen LogP contribution in [0.4, 0.5) is 13.2 Å². The maximum atomic E-state index is 13.6. The Balaban J connectivity index is 2.07. The SMILES string of the molecule is CC1CNCCC1CNC(=O)c1cc(F)c(F)c(O)c1F. The zero-order chi connectivity index (χ0) is 15.6. The number of aromatic hydroxyl groups is 1. The molecule has 3 N–H and O–H groups in total. The van der Waals surface area contributed by atoms with E-state index in [1.165, 1.54) is 0 Å². The van der Waals surface area contributed by atoms with Crippen molar-refractivity contribution < 1.29 is 23.1 Å². The summed E-state index contributed by atoms with van der Waals surface area (Å²) in [5.74, 6) is -6.38. The molecule has 2 unspecified atom stereocenters. The molecular weight excluding hydrogens is 285 g/mol. The van der Waals surface area contributed by atoms with Gasteiger partial charge in [0.25, 0.3) is 5.91 Å². The fourth-order valence-corrected chi connectivity index (χ4v) is 2.45. The second-order valence-electron chi connectivity index (χ2n) is 5.32. The van der Waals surface area contributed by atoms with Crippen molar-refractivity contribution in [3.8, 4) is 5.75 Å². The van der Waals surface area contributed by atoms with Crippen LogP contribution in [0.1, 0.15) is 23.7 Å². The van der Waals surface area contributed by atoms with Crippen LogP contribution in [0.2, 0.25) is 0 Å². The number of halogens is 3. The number of carbonyl (C=O) groups excluding carboxylic acids is 1. The molecule has 0 aliphatic carbocycles. The molecule has 21 heavy (non-hydrogen) atoms. The summed E-state index contributed by atoms with van der Waals surface area (Å²) in [6, 6.07) is 0.450. The average molecular weight is 302 g/mol. The second kappa shape index (κ2) is 6.34. The zero-order valence-electron chi connectivity index (χ0n) is 11.5. The van der Waals surface area contributed by atoms with Crippen molar-refractivity contribution in [1.82, 2.24) is 10.6 Å². The van der Waals surface area contributed by atoms with Crippen molar-refractivity contribution in [2.24, 2.45) is 11.8 Å². The summed E-state index contributed by atoms with van der Waals surface area (Å²) in [7, 11) is 0. The normalized spacial score (nSPS) is 22.1. The Labute approximate surface area is 120 Å². The number of piperidine rings is 1. The molecule has 2 atom stereocenters. The minimum absolute atomic E-state index is 0.233. The summed E-state index contributed by atoms with van der Waals surface area (Å²) in [4.78, 5) is 11.9. The predicted octanol–water partition coefficient (Wildman–Crippen LogP) is 1.78. The van der Waals surface area contributed by atoms with Crippen molar-refractivity contribution in [3.63, 3.8) is 0 Å². The fraction of sp³-hybridized carbons (Fsp3) is 0.500. The van der Waals surface area contributed by atoms with Gasteiger partial charge in [-0.2, -0.15) is 4.39 Å². The van der Waals surface area contributed by atoms with Gasteiger partial charge < -0.3 is 15.7 Å². The van der Waals surface area contributed by atoms with Gasteiger partial charge in [0, 0.05) is 6.54 Å². The van der Waals surface area contributed by atoms with Crippen molar-refractivity contribution in [2.75, 3.05) is 19.6 Å². The van der Waals surface area contributed by atoms with Gasteiger partial charge in [0.2, 0.25) is 5.82 Å². The van der Waals surface area contributed by atoms with Crippen LogP contribution in [0.25, 0.3) is 0 Å². The van der Waals surface area contributed by atoms with E-state index >= 15 is 0 Å². The van der Waals surface area contributed by atoms with Crippen LogP contribution in [0.3, 0.4) is 0 Å². The van der Waals surface area contributed by atoms with Gasteiger partial charge in [-0.25, -0.2) is 8.78 Å². The van der Waals surface area contributed by atoms with Crippen molar-refractivity contribution in [3.05, 3.63) is 29.1 Å². The molecule has 1 aromatic rings. The zero-order valence-corrected chi connectivity index (χ0v) is 11.5. The summed E-state index contributed by atoms with van der Waals surface area (Å²) in [5.41, 5.74) is -0.701. The Bertz CT molecular complexity index is 552. The van der Waals surface area contributed by atoms with E-state index in [9.17, 15) is 18.0 Å². The van der Waals surface area contributed by atoms with Crippen molar-refractivity contribution >= 4 is 5.91 Å². The van der Waals surface area contributed by atoms with Gasteiger partial charge in [-0.15, -0.1) is 0 Å². The first-order chi connectivity index (χ1) is 9.91. The third-order valence-electron chi connectivity index (χ3n) is 3.87. The van der Waals surface area contributed by atoms with E-state index in [0.29, 0.717) is 18.5 Å². The van der Waals surface area contributed by atoms with Crippen LogP contribution in [-0.4, -0.2) is 30.6 Å². The molecule has 1 heterocycles. The molecule has 0 spiro atoms. The number of amides is 1. The number of phenolic OH excluding ortho intramolecular Hbond substituents is 1. The monoisotopic (exact) mass is 302 g/mol. The number of hydrogen-bond acceptors (Lipinski definition) is 3. The number of nitrogens with one attached hydrogen (secondary N) is 2. The molecule has 1 amide bonds. The molecule has 2 rings (SSSR count). The lowest BCUT2D eigenvalue weighted by Crippen LogP contribution is -2.41. The van der Waals surface area contributed by atoms with E-state index in [1.54, 1.807) is 0 Å². The topological polar surface area (TPSA) is 61.4 Å². The minimum atomic E-state index is -1.70. The molecule has 1 saturated heterocycles. The maximum absolute atomic E-state index is 13.6. The highest BCUT2D eigenvalue weighted by molar-refractivity contribution is 5.94. The van der Waals surface area contributed by atoms with Crippen LogP contribution in [0, 0.1) is 29.3 Å². The van der Waals surface area contributed by atoms with E-state index < -0.39 is 34.7 Å². The molecule has 116 valence electrons. The Hall–Kier alpha value is -1.76. The standard InChI is InChI=1S/C14H17F3N2O2/c1-7-5-18-3-2-8(7)6-19-14(21)9-4-10(15)12(17)13(20)11(9)16/h4,7-8,18,20H,2-3,5-6H2,1H3,(H,19,21). The first-order valence-corrected chi connectivity index (χ1v) is 6.77. The lowest BCUT2D eigenvalue weighted by atomic mass is 9.88. The minimum Gasteiger partial charge on any atom is -0.503 e. The maximum Gasteiger partial charge on any atom is 0.254 e. The predicted molar refractivity (Wildman–Crippen MR) is 70.5 cm³/mol. The summed E-state index contributed by atoms with van der Waals surface area (Å²) in [5, 5.41) is 14.8. The first kappa shape index (κ1) is 15.6. The molecule has 0 saturated carbocycles. The molecular formula is C14H17F3N2O2. The Morgan fingerprint density at radius 3 is 2.81 bits per heavy atom. The molecule has 1 aromatic carbocycles. The molecule has 7 heteroatoms. The van der Waals surface area contributed by atoms with Crippen molar-refractivity contribution in [2.45, 2.75) is 13.3 Å². The highest BCUT2D eigenvalue weighted by Crippen LogP contribution is 2.26. The highest BCUT2D eigenvalue weighted by atomic mass is 19.2. The quantitative estimate of drug-likeness (QED) is 0.746. The Morgan fingerprint density at radius 2 is 2.14 bits per heavy atom. The number of phenols is 1. The third kappa shape index (κ3) is 3.29. The second-order valence-corrected chi connectivity index (χ2v) is 5.32. The van der Waals surface area contributed by atoms with Gasteiger partial charge in [-0.05, 0) is 37.4 Å². The summed E-state index contributed by atoms with van der Waals surface area (Å²) >= 11 is 0. The van der Waals surface area contributed by atoms with Gasteiger partial charge >= 0.3 is 0 Å². The molecule has 1 fully saturated rings. The Morgan fingerprint density at radius 1 is 1.43 bits per heavy atom.